The molecule has 0 aromatic heterocycles. The van der Waals surface area contributed by atoms with Gasteiger partial charge >= 0.3 is 0 Å². The van der Waals surface area contributed by atoms with E-state index in [1.165, 1.54) is 32.1 Å². The van der Waals surface area contributed by atoms with Crippen LogP contribution in [-0.2, 0) is 0 Å². The Hall–Kier alpha value is -0.830. The molecule has 1 amide bonds. The Bertz CT molecular complexity index is 425. The zero-order chi connectivity index (χ0) is 13.7. The van der Waals surface area contributed by atoms with Crippen molar-refractivity contribution < 1.29 is 4.79 Å². The molecule has 19 heavy (non-hydrogen) atoms. The van der Waals surface area contributed by atoms with Crippen molar-refractivity contribution in [3.05, 3.63) is 34.3 Å². The number of hydrogen-bond donors (Lipinski definition) is 1. The molecular weight excluding hydrogens is 302 g/mol. The molecule has 1 aliphatic rings. The summed E-state index contributed by atoms with van der Waals surface area (Å²) >= 11 is 3.42. The summed E-state index contributed by atoms with van der Waals surface area (Å²) in [5.74, 6) is 1.61. The van der Waals surface area contributed by atoms with E-state index in [4.69, 9.17) is 0 Å². The summed E-state index contributed by atoms with van der Waals surface area (Å²) in [6, 6.07) is 7.58. The summed E-state index contributed by atoms with van der Waals surface area (Å²) in [5.41, 5.74) is 0.727. The minimum atomic E-state index is 0.0325. The van der Waals surface area contributed by atoms with Crippen LogP contribution in [0.15, 0.2) is 28.7 Å². The smallest absolute Gasteiger partial charge is 0.252 e. The summed E-state index contributed by atoms with van der Waals surface area (Å²) in [5, 5.41) is 3.07. The normalized spacial score (nSPS) is 23.1. The van der Waals surface area contributed by atoms with Gasteiger partial charge in [0.1, 0.15) is 0 Å². The van der Waals surface area contributed by atoms with Crippen molar-refractivity contribution in [3.8, 4) is 0 Å². The number of hydrogen-bond acceptors (Lipinski definition) is 1. The van der Waals surface area contributed by atoms with Crippen molar-refractivity contribution >= 4 is 21.8 Å². The number of amides is 1. The van der Waals surface area contributed by atoms with Gasteiger partial charge in [-0.2, -0.15) is 0 Å². The van der Waals surface area contributed by atoms with Gasteiger partial charge in [0.15, 0.2) is 0 Å². The van der Waals surface area contributed by atoms with Gasteiger partial charge in [-0.15, -0.1) is 0 Å². The number of benzene rings is 1. The average molecular weight is 324 g/mol. The lowest BCUT2D eigenvalue weighted by atomic mass is 9.81. The van der Waals surface area contributed by atoms with Gasteiger partial charge in [-0.3, -0.25) is 4.79 Å². The minimum Gasteiger partial charge on any atom is -0.352 e. The van der Waals surface area contributed by atoms with Crippen molar-refractivity contribution in [2.24, 2.45) is 11.8 Å². The van der Waals surface area contributed by atoms with Crippen LogP contribution in [0.2, 0.25) is 0 Å². The van der Waals surface area contributed by atoms with E-state index in [2.05, 4.69) is 28.2 Å². The Morgan fingerprint density at radius 2 is 1.84 bits per heavy atom. The van der Waals surface area contributed by atoms with E-state index < -0.39 is 0 Å². The fourth-order valence-electron chi connectivity index (χ4n) is 2.82. The van der Waals surface area contributed by atoms with Crippen LogP contribution in [0.4, 0.5) is 0 Å². The van der Waals surface area contributed by atoms with Crippen LogP contribution in [0.5, 0.6) is 0 Å². The topological polar surface area (TPSA) is 29.1 Å². The molecule has 1 saturated carbocycles. The van der Waals surface area contributed by atoms with Crippen molar-refractivity contribution in [2.75, 3.05) is 6.54 Å². The Morgan fingerprint density at radius 3 is 2.47 bits per heavy atom. The molecule has 0 radical (unpaired) electrons. The average Bonchev–Trinajstić information content (AvgIpc) is 2.46. The first-order valence-corrected chi connectivity index (χ1v) is 8.02. The van der Waals surface area contributed by atoms with E-state index in [0.717, 1.165) is 22.5 Å². The third kappa shape index (κ3) is 4.07. The largest absolute Gasteiger partial charge is 0.352 e. The second kappa shape index (κ2) is 7.09. The van der Waals surface area contributed by atoms with Crippen molar-refractivity contribution in [1.82, 2.24) is 5.32 Å². The number of rotatable bonds is 4. The molecule has 1 aromatic carbocycles. The molecule has 1 N–H and O–H groups in total. The molecule has 3 heteroatoms. The zero-order valence-electron chi connectivity index (χ0n) is 11.5. The lowest BCUT2D eigenvalue weighted by Crippen LogP contribution is -2.31. The van der Waals surface area contributed by atoms with Gasteiger partial charge in [0.25, 0.3) is 5.91 Å². The monoisotopic (exact) mass is 323 g/mol. The molecule has 1 fully saturated rings. The fraction of sp³-hybridized carbons (Fsp3) is 0.562. The van der Waals surface area contributed by atoms with Crippen LogP contribution in [0.25, 0.3) is 0 Å². The van der Waals surface area contributed by atoms with Crippen LogP contribution in [0, 0.1) is 11.8 Å². The second-order valence-electron chi connectivity index (χ2n) is 5.48. The highest BCUT2D eigenvalue weighted by molar-refractivity contribution is 9.10. The van der Waals surface area contributed by atoms with Crippen LogP contribution >= 0.6 is 15.9 Å². The maximum Gasteiger partial charge on any atom is 0.252 e. The van der Waals surface area contributed by atoms with Crippen LogP contribution in [0.3, 0.4) is 0 Å². The number of carbonyl (C=O) groups excluding carboxylic acids is 1. The molecule has 0 spiro atoms. The van der Waals surface area contributed by atoms with Gasteiger partial charge in [-0.1, -0.05) is 38.3 Å². The summed E-state index contributed by atoms with van der Waals surface area (Å²) in [6.07, 6.45) is 6.47. The Kier molecular flexibility index (Phi) is 5.44. The van der Waals surface area contributed by atoms with Crippen LogP contribution in [-0.4, -0.2) is 12.5 Å². The molecule has 0 unspecified atom stereocenters. The van der Waals surface area contributed by atoms with Crippen LogP contribution in [0.1, 0.15) is 49.4 Å². The molecule has 2 nitrogen and oxygen atoms in total. The van der Waals surface area contributed by atoms with E-state index in [1.807, 2.05) is 24.3 Å². The van der Waals surface area contributed by atoms with Crippen molar-refractivity contribution in [3.63, 3.8) is 0 Å². The Morgan fingerprint density at radius 1 is 1.21 bits per heavy atom. The summed E-state index contributed by atoms with van der Waals surface area (Å²) in [7, 11) is 0. The lowest BCUT2D eigenvalue weighted by Gasteiger charge is -2.27. The third-order valence-corrected chi connectivity index (χ3v) is 4.90. The van der Waals surface area contributed by atoms with E-state index in [1.54, 1.807) is 0 Å². The Labute approximate surface area is 124 Å². The molecule has 0 saturated heterocycles. The molecular formula is C16H22BrNO. The predicted octanol–water partition coefficient (Wildman–Crippen LogP) is 4.40. The summed E-state index contributed by atoms with van der Waals surface area (Å²) in [6.45, 7) is 3.09. The van der Waals surface area contributed by atoms with Crippen LogP contribution < -0.4 is 5.32 Å². The van der Waals surface area contributed by atoms with E-state index in [0.29, 0.717) is 5.92 Å². The number of halogens is 1. The van der Waals surface area contributed by atoms with E-state index in [-0.39, 0.29) is 5.91 Å². The van der Waals surface area contributed by atoms with Gasteiger partial charge in [-0.05, 0) is 52.7 Å². The van der Waals surface area contributed by atoms with Gasteiger partial charge in [0.2, 0.25) is 0 Å². The van der Waals surface area contributed by atoms with E-state index in [9.17, 15) is 4.79 Å². The minimum absolute atomic E-state index is 0.0325. The molecule has 104 valence electrons. The Balaban J connectivity index is 1.80. The molecule has 1 aromatic rings. The first-order valence-electron chi connectivity index (χ1n) is 7.23. The maximum absolute atomic E-state index is 12.1. The third-order valence-electron chi connectivity index (χ3n) is 4.21. The van der Waals surface area contributed by atoms with Gasteiger partial charge in [0, 0.05) is 11.0 Å². The lowest BCUT2D eigenvalue weighted by molar-refractivity contribution is 0.0940. The zero-order valence-corrected chi connectivity index (χ0v) is 13.1. The first kappa shape index (κ1) is 14.6. The second-order valence-corrected chi connectivity index (χ2v) is 6.34. The van der Waals surface area contributed by atoms with Gasteiger partial charge in [0.05, 0.1) is 5.56 Å². The highest BCUT2D eigenvalue weighted by Crippen LogP contribution is 2.30. The van der Waals surface area contributed by atoms with Gasteiger partial charge < -0.3 is 5.32 Å². The number of nitrogens with one attached hydrogen (secondary N) is 1. The predicted molar refractivity (Wildman–Crippen MR) is 82.2 cm³/mol. The maximum atomic E-state index is 12.1. The highest BCUT2D eigenvalue weighted by atomic mass is 79.9. The fourth-order valence-corrected chi connectivity index (χ4v) is 3.29. The van der Waals surface area contributed by atoms with Crippen molar-refractivity contribution in [2.45, 2.75) is 39.0 Å². The molecule has 0 aliphatic heterocycles. The summed E-state index contributed by atoms with van der Waals surface area (Å²) in [4.78, 5) is 12.1. The highest BCUT2D eigenvalue weighted by Gasteiger charge is 2.20. The standard InChI is InChI=1S/C16H22BrNO/c1-2-12-7-9-13(10-8-12)11-18-16(19)14-5-3-4-6-15(14)17/h3-6,12-13H,2,7-11H2,1H3,(H,18,19). The van der Waals surface area contributed by atoms with E-state index >= 15 is 0 Å². The molecule has 0 heterocycles. The van der Waals surface area contributed by atoms with Gasteiger partial charge in [-0.25, -0.2) is 0 Å². The SMILES string of the molecule is CCC1CCC(CNC(=O)c2ccccc2Br)CC1. The molecule has 0 bridgehead atoms. The summed E-state index contributed by atoms with van der Waals surface area (Å²) < 4.78 is 0.863. The molecule has 0 atom stereocenters. The quantitative estimate of drug-likeness (QED) is 0.874. The first-order chi connectivity index (χ1) is 9.20. The number of carbonyl (C=O) groups is 1. The molecule has 2 rings (SSSR count). The van der Waals surface area contributed by atoms with Crippen molar-refractivity contribution in [1.29, 1.82) is 0 Å². The molecule has 1 aliphatic carbocycles.